The van der Waals surface area contributed by atoms with Crippen LogP contribution < -0.4 is 0 Å². The van der Waals surface area contributed by atoms with Crippen LogP contribution in [0.2, 0.25) is 13.3 Å². The molecular formula is C19H38O2Sn. The van der Waals surface area contributed by atoms with Crippen molar-refractivity contribution < 1.29 is 9.90 Å². The Bertz CT molecular complexity index is 304. The van der Waals surface area contributed by atoms with E-state index in [1.54, 1.807) is 0 Å². The van der Waals surface area contributed by atoms with E-state index in [2.05, 4.69) is 33.8 Å². The minimum absolute atomic E-state index is 0.289. The molecule has 0 aliphatic rings. The second-order valence-corrected chi connectivity index (χ2v) is 20.8. The number of rotatable bonds is 13. The van der Waals surface area contributed by atoms with Crippen LogP contribution in [0.3, 0.4) is 0 Å². The van der Waals surface area contributed by atoms with Crippen molar-refractivity contribution in [3.8, 4) is 0 Å². The van der Waals surface area contributed by atoms with Crippen LogP contribution in [0.25, 0.3) is 0 Å². The molecule has 0 saturated heterocycles. The number of carbonyl (C=O) groups is 1. The Hall–Kier alpha value is 0.169. The Morgan fingerprint density at radius 3 is 1.73 bits per heavy atom. The summed E-state index contributed by atoms with van der Waals surface area (Å²) < 4.78 is 5.74. The summed E-state index contributed by atoms with van der Waals surface area (Å²) in [7, 11) is 0. The standard InChI is InChI=1S/C7H11O2.3C4H9.Sn/c1-3-4-7(9)6(2)5-8;3*1-3-4-2;/h4-7,9H,1-2H3;3*1,3-4H2,2H3;/t6-,7-;;;;/m0..../s1. The average molecular weight is 417 g/mol. The Labute approximate surface area is 142 Å². The number of aliphatic hydroxyl groups excluding tert-OH is 1. The van der Waals surface area contributed by atoms with E-state index >= 15 is 0 Å². The summed E-state index contributed by atoms with van der Waals surface area (Å²) in [5, 5.41) is 10.3. The quantitative estimate of drug-likeness (QED) is 0.317. The molecule has 0 aromatic heterocycles. The first-order chi connectivity index (χ1) is 10.5. The van der Waals surface area contributed by atoms with Crippen LogP contribution in [0.4, 0.5) is 0 Å². The molecule has 0 saturated carbocycles. The normalized spacial score (nSPS) is 15.6. The molecule has 0 aromatic carbocycles. The van der Waals surface area contributed by atoms with E-state index in [9.17, 15) is 9.90 Å². The number of carbonyl (C=O) groups excluding carboxylic acids is 1. The molecule has 130 valence electrons. The van der Waals surface area contributed by atoms with Crippen LogP contribution in [0, 0.1) is 5.92 Å². The topological polar surface area (TPSA) is 37.3 Å². The van der Waals surface area contributed by atoms with Crippen molar-refractivity contribution in [2.75, 3.05) is 0 Å². The van der Waals surface area contributed by atoms with Crippen molar-refractivity contribution in [1.29, 1.82) is 0 Å². The first-order valence-corrected chi connectivity index (χ1v) is 16.8. The maximum absolute atomic E-state index is 10.9. The zero-order valence-corrected chi connectivity index (χ0v) is 18.4. The van der Waals surface area contributed by atoms with Gasteiger partial charge in [0.1, 0.15) is 0 Å². The molecule has 2 nitrogen and oxygen atoms in total. The molecule has 2 atom stereocenters. The van der Waals surface area contributed by atoms with E-state index in [1.807, 2.05) is 6.92 Å². The van der Waals surface area contributed by atoms with Gasteiger partial charge in [0.15, 0.2) is 0 Å². The second kappa shape index (κ2) is 12.6. The summed E-state index contributed by atoms with van der Waals surface area (Å²) in [4.78, 5) is 10.9. The Morgan fingerprint density at radius 1 is 1.00 bits per heavy atom. The molecule has 0 aliphatic carbocycles. The summed E-state index contributed by atoms with van der Waals surface area (Å²) in [6, 6.07) is 0. The van der Waals surface area contributed by atoms with Gasteiger partial charge in [-0.25, -0.2) is 0 Å². The Kier molecular flexibility index (Phi) is 12.7. The van der Waals surface area contributed by atoms with E-state index in [0.717, 1.165) is 6.29 Å². The van der Waals surface area contributed by atoms with Crippen LogP contribution in [-0.2, 0) is 4.79 Å². The molecule has 3 heteroatoms. The summed E-state index contributed by atoms with van der Waals surface area (Å²) in [6.45, 7) is 10.9. The van der Waals surface area contributed by atoms with Crippen LogP contribution in [-0.4, -0.2) is 35.9 Å². The summed E-state index contributed by atoms with van der Waals surface area (Å²) in [5.41, 5.74) is 0. The zero-order chi connectivity index (χ0) is 17.0. The predicted molar refractivity (Wildman–Crippen MR) is 99.9 cm³/mol. The number of aliphatic hydroxyl groups is 1. The van der Waals surface area contributed by atoms with Crippen molar-refractivity contribution in [2.24, 2.45) is 5.92 Å². The first kappa shape index (κ1) is 22.2. The van der Waals surface area contributed by atoms with Crippen molar-refractivity contribution in [2.45, 2.75) is 92.6 Å². The van der Waals surface area contributed by atoms with Gasteiger partial charge >= 0.3 is 143 Å². The van der Waals surface area contributed by atoms with E-state index < -0.39 is 24.5 Å². The van der Waals surface area contributed by atoms with E-state index in [0.29, 0.717) is 0 Å². The molecule has 0 radical (unpaired) electrons. The molecule has 1 N–H and O–H groups in total. The Balaban J connectivity index is 5.34. The van der Waals surface area contributed by atoms with Crippen LogP contribution in [0.1, 0.15) is 73.1 Å². The van der Waals surface area contributed by atoms with E-state index in [4.69, 9.17) is 0 Å². The summed E-state index contributed by atoms with van der Waals surface area (Å²) >= 11 is -2.37. The number of aldehydes is 1. The van der Waals surface area contributed by atoms with Crippen molar-refractivity contribution in [3.63, 3.8) is 0 Å². The van der Waals surface area contributed by atoms with Gasteiger partial charge in [0.05, 0.1) is 0 Å². The molecule has 0 amide bonds. The van der Waals surface area contributed by atoms with Crippen LogP contribution in [0.5, 0.6) is 0 Å². The fraction of sp³-hybridized carbons (Fsp3) is 0.842. The third-order valence-electron chi connectivity index (χ3n) is 5.04. The van der Waals surface area contributed by atoms with Gasteiger partial charge in [0.25, 0.3) is 0 Å². The van der Waals surface area contributed by atoms with Crippen molar-refractivity contribution >= 4 is 24.7 Å². The third-order valence-corrected chi connectivity index (χ3v) is 21.5. The summed E-state index contributed by atoms with van der Waals surface area (Å²) in [5.74, 6) is -0.289. The van der Waals surface area contributed by atoms with Gasteiger partial charge in [-0.15, -0.1) is 0 Å². The molecule has 0 fully saturated rings. The molecule has 0 spiro atoms. The van der Waals surface area contributed by atoms with E-state index in [1.165, 1.54) is 55.4 Å². The fourth-order valence-corrected chi connectivity index (χ4v) is 19.0. The van der Waals surface area contributed by atoms with Gasteiger partial charge in [-0.2, -0.15) is 0 Å². The average Bonchev–Trinajstić information content (AvgIpc) is 2.53. The first-order valence-electron chi connectivity index (χ1n) is 9.29. The van der Waals surface area contributed by atoms with Gasteiger partial charge in [-0.05, 0) is 0 Å². The second-order valence-electron chi connectivity index (χ2n) is 6.93. The minimum atomic E-state index is -2.37. The van der Waals surface area contributed by atoms with Gasteiger partial charge < -0.3 is 0 Å². The Morgan fingerprint density at radius 2 is 1.41 bits per heavy atom. The molecular weight excluding hydrogens is 379 g/mol. The SMILES string of the molecule is CCC[CH2][Sn]([CH2]CCC)([CH2]CCC)/[C](C)=C/[C@H](O)[C@@H](C)C=O. The van der Waals surface area contributed by atoms with Crippen molar-refractivity contribution in [3.05, 3.63) is 9.67 Å². The van der Waals surface area contributed by atoms with Gasteiger partial charge in [0, 0.05) is 0 Å². The summed E-state index contributed by atoms with van der Waals surface area (Å²) in [6.07, 6.45) is 10.1. The molecule has 0 aliphatic heterocycles. The molecule has 0 heterocycles. The number of hydrogen-bond donors (Lipinski definition) is 1. The monoisotopic (exact) mass is 418 g/mol. The molecule has 0 bridgehead atoms. The third kappa shape index (κ3) is 7.63. The van der Waals surface area contributed by atoms with Crippen molar-refractivity contribution in [1.82, 2.24) is 0 Å². The maximum atomic E-state index is 10.9. The number of unbranched alkanes of at least 4 members (excludes halogenated alkanes) is 3. The molecule has 0 aromatic rings. The fourth-order valence-electron chi connectivity index (χ4n) is 3.18. The van der Waals surface area contributed by atoms with E-state index in [-0.39, 0.29) is 5.92 Å². The zero-order valence-electron chi connectivity index (χ0n) is 15.5. The van der Waals surface area contributed by atoms with Gasteiger partial charge in [-0.1, -0.05) is 0 Å². The predicted octanol–water partition coefficient (Wildman–Crippen LogP) is 5.52. The molecule has 22 heavy (non-hydrogen) atoms. The molecule has 0 unspecified atom stereocenters. The molecule has 0 rings (SSSR count). The number of allylic oxidation sites excluding steroid dienone is 1. The van der Waals surface area contributed by atoms with Gasteiger partial charge in [-0.3, -0.25) is 0 Å². The number of hydrogen-bond acceptors (Lipinski definition) is 2. The van der Waals surface area contributed by atoms with Gasteiger partial charge in [0.2, 0.25) is 0 Å². The van der Waals surface area contributed by atoms with Crippen LogP contribution >= 0.6 is 0 Å². The van der Waals surface area contributed by atoms with Crippen LogP contribution in [0.15, 0.2) is 9.67 Å².